The van der Waals surface area contributed by atoms with E-state index in [1.54, 1.807) is 0 Å². The van der Waals surface area contributed by atoms with Gasteiger partial charge in [0.25, 0.3) is 0 Å². The molecule has 0 spiro atoms. The summed E-state index contributed by atoms with van der Waals surface area (Å²) in [6.45, 7) is 0. The number of rotatable bonds is 3. The van der Waals surface area contributed by atoms with E-state index >= 15 is 0 Å². The lowest BCUT2D eigenvalue weighted by Crippen LogP contribution is -2.15. The molecule has 1 heterocycles. The van der Waals surface area contributed by atoms with Crippen LogP contribution in [0.15, 0.2) is 12.1 Å². The average Bonchev–Trinajstić information content (AvgIpc) is 2.78. The van der Waals surface area contributed by atoms with Crippen LogP contribution in [0.1, 0.15) is 44.0 Å². The molecule has 1 aromatic carbocycles. The predicted molar refractivity (Wildman–Crippen MR) is 86.3 cm³/mol. The molecule has 1 aromatic heterocycles. The number of imidazole rings is 1. The van der Waals surface area contributed by atoms with E-state index in [4.69, 9.17) is 39.8 Å². The lowest BCUT2D eigenvalue weighted by atomic mass is 9.95. The van der Waals surface area contributed by atoms with Gasteiger partial charge in [-0.25, -0.2) is 4.98 Å². The number of alkyl halides is 1. The molecule has 1 aliphatic carbocycles. The zero-order valence-corrected chi connectivity index (χ0v) is 13.5. The van der Waals surface area contributed by atoms with Crippen molar-refractivity contribution >= 4 is 45.8 Å². The SMILES string of the molecule is ClCCc1nc2cc(Cl)c(Cl)cc2n1C1CCCCC1. The number of aromatic nitrogens is 2. The minimum Gasteiger partial charge on any atom is -0.325 e. The number of nitrogens with zero attached hydrogens (tertiary/aromatic N) is 2. The molecule has 3 rings (SSSR count). The molecule has 2 aromatic rings. The first-order chi connectivity index (χ1) is 9.70. The number of halogens is 3. The third kappa shape index (κ3) is 2.66. The van der Waals surface area contributed by atoms with Crippen LogP contribution >= 0.6 is 34.8 Å². The molecule has 1 fully saturated rings. The van der Waals surface area contributed by atoms with Crippen LogP contribution in [-0.4, -0.2) is 15.4 Å². The van der Waals surface area contributed by atoms with Gasteiger partial charge in [0.15, 0.2) is 0 Å². The summed E-state index contributed by atoms with van der Waals surface area (Å²) in [5, 5.41) is 1.15. The summed E-state index contributed by atoms with van der Waals surface area (Å²) in [6, 6.07) is 4.32. The van der Waals surface area contributed by atoms with Gasteiger partial charge in [-0.3, -0.25) is 0 Å². The minimum atomic E-state index is 0.518. The van der Waals surface area contributed by atoms with E-state index in [0.29, 0.717) is 22.0 Å². The van der Waals surface area contributed by atoms with Gasteiger partial charge in [0.1, 0.15) is 5.82 Å². The molecule has 0 N–H and O–H groups in total. The van der Waals surface area contributed by atoms with E-state index in [1.165, 1.54) is 32.1 Å². The molecule has 108 valence electrons. The standard InChI is InChI=1S/C15H17Cl3N2/c16-7-6-15-19-13-8-11(17)12(18)9-14(13)20(15)10-4-2-1-3-5-10/h8-10H,1-7H2. The highest BCUT2D eigenvalue weighted by Gasteiger charge is 2.21. The Kier molecular flexibility index (Phi) is 4.44. The smallest absolute Gasteiger partial charge is 0.111 e. The molecule has 0 amide bonds. The zero-order valence-electron chi connectivity index (χ0n) is 11.2. The van der Waals surface area contributed by atoms with Gasteiger partial charge in [-0.1, -0.05) is 42.5 Å². The van der Waals surface area contributed by atoms with E-state index in [0.717, 1.165) is 23.3 Å². The zero-order chi connectivity index (χ0) is 14.1. The van der Waals surface area contributed by atoms with Gasteiger partial charge in [0.05, 0.1) is 21.1 Å². The first kappa shape index (κ1) is 14.5. The van der Waals surface area contributed by atoms with Gasteiger partial charge in [0.2, 0.25) is 0 Å². The fourth-order valence-electron chi connectivity index (χ4n) is 3.15. The summed E-state index contributed by atoms with van der Waals surface area (Å²) in [7, 11) is 0. The summed E-state index contributed by atoms with van der Waals surface area (Å²) in [6.07, 6.45) is 7.10. The van der Waals surface area contributed by atoms with Crippen molar-refractivity contribution in [2.45, 2.75) is 44.6 Å². The van der Waals surface area contributed by atoms with Gasteiger partial charge >= 0.3 is 0 Å². The van der Waals surface area contributed by atoms with Crippen LogP contribution in [0.25, 0.3) is 11.0 Å². The van der Waals surface area contributed by atoms with Crippen LogP contribution in [0, 0.1) is 0 Å². The second kappa shape index (κ2) is 6.13. The molecule has 2 nitrogen and oxygen atoms in total. The molecule has 0 bridgehead atoms. The van der Waals surface area contributed by atoms with Crippen LogP contribution in [0.4, 0.5) is 0 Å². The quantitative estimate of drug-likeness (QED) is 0.666. The van der Waals surface area contributed by atoms with E-state index < -0.39 is 0 Å². The summed E-state index contributed by atoms with van der Waals surface area (Å²) >= 11 is 18.2. The van der Waals surface area contributed by atoms with Crippen LogP contribution in [0.5, 0.6) is 0 Å². The van der Waals surface area contributed by atoms with E-state index in [-0.39, 0.29) is 0 Å². The first-order valence-corrected chi connectivity index (χ1v) is 8.41. The van der Waals surface area contributed by atoms with Gasteiger partial charge in [-0.15, -0.1) is 11.6 Å². The number of hydrogen-bond donors (Lipinski definition) is 0. The summed E-state index contributed by atoms with van der Waals surface area (Å²) in [4.78, 5) is 4.71. The number of hydrogen-bond acceptors (Lipinski definition) is 1. The van der Waals surface area contributed by atoms with Crippen molar-refractivity contribution in [3.8, 4) is 0 Å². The van der Waals surface area contributed by atoms with Crippen molar-refractivity contribution < 1.29 is 0 Å². The Hall–Kier alpha value is -0.440. The second-order valence-electron chi connectivity index (χ2n) is 5.38. The van der Waals surface area contributed by atoms with Gasteiger partial charge in [-0.2, -0.15) is 0 Å². The van der Waals surface area contributed by atoms with Crippen molar-refractivity contribution in [2.75, 3.05) is 5.88 Å². The van der Waals surface area contributed by atoms with Crippen LogP contribution in [0.3, 0.4) is 0 Å². The number of aryl methyl sites for hydroxylation is 1. The van der Waals surface area contributed by atoms with Crippen LogP contribution in [-0.2, 0) is 6.42 Å². The Morgan fingerprint density at radius 3 is 2.50 bits per heavy atom. The summed E-state index contributed by atoms with van der Waals surface area (Å²) in [5.74, 6) is 1.64. The largest absolute Gasteiger partial charge is 0.325 e. The molecule has 1 saturated carbocycles. The molecule has 1 aliphatic rings. The third-order valence-electron chi connectivity index (χ3n) is 4.06. The Morgan fingerprint density at radius 2 is 1.80 bits per heavy atom. The van der Waals surface area contributed by atoms with Gasteiger partial charge in [0, 0.05) is 18.3 Å². The number of benzene rings is 1. The van der Waals surface area contributed by atoms with Crippen molar-refractivity contribution in [3.63, 3.8) is 0 Å². The fraction of sp³-hybridized carbons (Fsp3) is 0.533. The maximum Gasteiger partial charge on any atom is 0.111 e. The predicted octanol–water partition coefficient (Wildman–Crippen LogP) is 5.63. The van der Waals surface area contributed by atoms with E-state index in [1.807, 2.05) is 12.1 Å². The van der Waals surface area contributed by atoms with E-state index in [9.17, 15) is 0 Å². The molecule has 20 heavy (non-hydrogen) atoms. The Bertz CT molecular complexity index is 615. The van der Waals surface area contributed by atoms with Gasteiger partial charge < -0.3 is 4.57 Å². The van der Waals surface area contributed by atoms with Crippen molar-refractivity contribution in [3.05, 3.63) is 28.0 Å². The molecular formula is C15H17Cl3N2. The van der Waals surface area contributed by atoms with Crippen molar-refractivity contribution in [2.24, 2.45) is 0 Å². The summed E-state index contributed by atoms with van der Waals surface area (Å²) in [5.41, 5.74) is 2.01. The normalized spacial score (nSPS) is 16.9. The van der Waals surface area contributed by atoms with Crippen molar-refractivity contribution in [1.29, 1.82) is 0 Å². The monoisotopic (exact) mass is 330 g/mol. The lowest BCUT2D eigenvalue weighted by molar-refractivity contribution is 0.353. The Labute approximate surface area is 134 Å². The fourth-order valence-corrected chi connectivity index (χ4v) is 3.63. The number of fused-ring (bicyclic) bond motifs is 1. The third-order valence-corrected chi connectivity index (χ3v) is 4.97. The lowest BCUT2D eigenvalue weighted by Gasteiger charge is -2.25. The van der Waals surface area contributed by atoms with Crippen LogP contribution < -0.4 is 0 Å². The molecular weight excluding hydrogens is 315 g/mol. The van der Waals surface area contributed by atoms with Crippen molar-refractivity contribution in [1.82, 2.24) is 9.55 Å². The topological polar surface area (TPSA) is 17.8 Å². The molecule has 0 aliphatic heterocycles. The first-order valence-electron chi connectivity index (χ1n) is 7.12. The second-order valence-corrected chi connectivity index (χ2v) is 6.58. The minimum absolute atomic E-state index is 0.518. The summed E-state index contributed by atoms with van der Waals surface area (Å²) < 4.78 is 2.35. The molecule has 0 radical (unpaired) electrons. The molecule has 5 heteroatoms. The maximum atomic E-state index is 6.19. The molecule has 0 atom stereocenters. The highest BCUT2D eigenvalue weighted by molar-refractivity contribution is 6.42. The van der Waals surface area contributed by atoms with Crippen LogP contribution in [0.2, 0.25) is 10.0 Å². The Balaban J connectivity index is 2.14. The Morgan fingerprint density at radius 1 is 1.10 bits per heavy atom. The molecule has 0 saturated heterocycles. The average molecular weight is 332 g/mol. The highest BCUT2D eigenvalue weighted by Crippen LogP contribution is 2.35. The van der Waals surface area contributed by atoms with Gasteiger partial charge in [-0.05, 0) is 25.0 Å². The molecule has 0 unspecified atom stereocenters. The van der Waals surface area contributed by atoms with E-state index in [2.05, 4.69) is 4.57 Å². The maximum absolute atomic E-state index is 6.19. The highest BCUT2D eigenvalue weighted by atomic mass is 35.5.